The second kappa shape index (κ2) is 32.5. The average molecular weight is 815 g/mol. The maximum atomic E-state index is 12.9. The van der Waals surface area contributed by atoms with Crippen LogP contribution in [0, 0.1) is 0 Å². The number of nitrogens with zero attached hydrogens (tertiary/aromatic N) is 1. The van der Waals surface area contributed by atoms with E-state index in [9.17, 15) is 28.8 Å². The van der Waals surface area contributed by atoms with Crippen LogP contribution >= 0.6 is 0 Å². The van der Waals surface area contributed by atoms with E-state index in [0.717, 1.165) is 38.5 Å². The molecule has 0 aromatic heterocycles. The monoisotopic (exact) mass is 815 g/mol. The Balaban J connectivity index is 4.18. The number of carbonyl (C=O) groups excluding carboxylic acids is 5. The molecule has 15 nitrogen and oxygen atoms in total. The maximum absolute atomic E-state index is 12.9. The SMILES string of the molecule is CC(C)(C)OC(=O)CCCCCCCCCCCCCCCCC(=O)N[C@@H](CCC(=O)NCCCCN(CCOCCOCC(=O)O)C(N)=O)C(=O)OC(C)(C)C. The predicted molar refractivity (Wildman–Crippen MR) is 219 cm³/mol. The number of carboxylic acids is 1. The summed E-state index contributed by atoms with van der Waals surface area (Å²) in [4.78, 5) is 73.6. The average Bonchev–Trinajstić information content (AvgIpc) is 3.09. The standard InChI is InChI=1S/C42H78N4O11/c1-41(2,3)56-38(51)24-20-18-16-14-12-10-8-7-9-11-13-15-17-19-23-36(48)45-34(39(52)57-42(4,5)6)25-26-35(47)44-27-21-22-28-46(40(43)53)29-30-54-31-32-55-33-37(49)50/h34H,7-33H2,1-6H3,(H2,43,53)(H,44,47)(H,45,48)(H,49,50)/t34-/m0/s1. The largest absolute Gasteiger partial charge is 0.480 e. The molecule has 15 heteroatoms. The second-order valence-corrected chi connectivity index (χ2v) is 16.7. The number of amides is 4. The predicted octanol–water partition coefficient (Wildman–Crippen LogP) is 6.57. The van der Waals surface area contributed by atoms with Gasteiger partial charge in [-0.2, -0.15) is 0 Å². The summed E-state index contributed by atoms with van der Waals surface area (Å²) in [5.74, 6) is -2.22. The Morgan fingerprint density at radius 2 is 1.11 bits per heavy atom. The van der Waals surface area contributed by atoms with Crippen LogP contribution < -0.4 is 16.4 Å². The third-order valence-electron chi connectivity index (χ3n) is 8.73. The van der Waals surface area contributed by atoms with Gasteiger partial charge in [-0.1, -0.05) is 77.0 Å². The summed E-state index contributed by atoms with van der Waals surface area (Å²) in [6, 6.07) is -1.52. The normalized spacial score (nSPS) is 12.1. The van der Waals surface area contributed by atoms with Crippen LogP contribution in [0.25, 0.3) is 0 Å². The van der Waals surface area contributed by atoms with Crippen LogP contribution in [0.2, 0.25) is 0 Å². The Labute approximate surface area is 342 Å². The van der Waals surface area contributed by atoms with Crippen LogP contribution in [0.5, 0.6) is 0 Å². The van der Waals surface area contributed by atoms with Gasteiger partial charge in [0.2, 0.25) is 11.8 Å². The highest BCUT2D eigenvalue weighted by atomic mass is 16.6. The van der Waals surface area contributed by atoms with Gasteiger partial charge in [-0.05, 0) is 73.6 Å². The first-order valence-electron chi connectivity index (χ1n) is 21.3. The van der Waals surface area contributed by atoms with Gasteiger partial charge in [-0.25, -0.2) is 14.4 Å². The van der Waals surface area contributed by atoms with E-state index in [-0.39, 0.29) is 57.0 Å². The van der Waals surface area contributed by atoms with Crippen molar-refractivity contribution >= 4 is 35.8 Å². The van der Waals surface area contributed by atoms with E-state index in [0.29, 0.717) is 38.8 Å². The number of aliphatic carboxylic acids is 1. The van der Waals surface area contributed by atoms with E-state index in [1.165, 1.54) is 56.3 Å². The third-order valence-corrected chi connectivity index (χ3v) is 8.73. The zero-order chi connectivity index (χ0) is 43.0. The van der Waals surface area contributed by atoms with Crippen molar-refractivity contribution < 1.29 is 52.8 Å². The number of ether oxygens (including phenoxy) is 4. The second-order valence-electron chi connectivity index (χ2n) is 16.7. The number of primary amides is 1. The van der Waals surface area contributed by atoms with Crippen molar-refractivity contribution in [2.24, 2.45) is 5.73 Å². The lowest BCUT2D eigenvalue weighted by Crippen LogP contribution is -2.44. The molecule has 0 aromatic carbocycles. The number of hydrogen-bond acceptors (Lipinski definition) is 10. The number of hydrogen-bond donors (Lipinski definition) is 4. The number of urea groups is 1. The molecule has 0 fully saturated rings. The first-order chi connectivity index (χ1) is 26.9. The van der Waals surface area contributed by atoms with Gasteiger partial charge >= 0.3 is 23.9 Å². The molecular formula is C42H78N4O11. The van der Waals surface area contributed by atoms with Gasteiger partial charge in [0.1, 0.15) is 23.9 Å². The first-order valence-corrected chi connectivity index (χ1v) is 21.3. The minimum atomic E-state index is -1.06. The lowest BCUT2D eigenvalue weighted by molar-refractivity contribution is -0.159. The zero-order valence-electron chi connectivity index (χ0n) is 36.2. The first kappa shape index (κ1) is 53.5. The van der Waals surface area contributed by atoms with Gasteiger partial charge < -0.3 is 45.3 Å². The molecule has 0 aliphatic carbocycles. The van der Waals surface area contributed by atoms with E-state index in [1.807, 2.05) is 20.8 Å². The molecule has 0 rings (SSSR count). The van der Waals surface area contributed by atoms with Gasteiger partial charge in [0.25, 0.3) is 0 Å². The highest BCUT2D eigenvalue weighted by molar-refractivity contribution is 5.85. The lowest BCUT2D eigenvalue weighted by Gasteiger charge is -2.24. The number of nitrogens with two attached hydrogens (primary N) is 1. The fraction of sp³-hybridized carbons (Fsp3) is 0.857. The van der Waals surface area contributed by atoms with Gasteiger partial charge in [0.15, 0.2) is 0 Å². The number of nitrogens with one attached hydrogen (secondary N) is 2. The Morgan fingerprint density at radius 3 is 1.61 bits per heavy atom. The summed E-state index contributed by atoms with van der Waals surface area (Å²) in [6.45, 7) is 12.1. The van der Waals surface area contributed by atoms with E-state index >= 15 is 0 Å². The van der Waals surface area contributed by atoms with E-state index < -0.39 is 41.8 Å². The van der Waals surface area contributed by atoms with E-state index in [4.69, 9.17) is 29.8 Å². The van der Waals surface area contributed by atoms with Crippen molar-refractivity contribution in [1.82, 2.24) is 15.5 Å². The van der Waals surface area contributed by atoms with Gasteiger partial charge in [-0.15, -0.1) is 0 Å². The van der Waals surface area contributed by atoms with Crippen molar-refractivity contribution in [3.8, 4) is 0 Å². The van der Waals surface area contributed by atoms with Crippen LogP contribution in [0.4, 0.5) is 4.79 Å². The number of carboxylic acid groups (broad SMARTS) is 1. The van der Waals surface area contributed by atoms with Gasteiger partial charge in [0.05, 0.1) is 19.8 Å². The molecule has 57 heavy (non-hydrogen) atoms. The molecule has 0 aliphatic heterocycles. The molecule has 332 valence electrons. The quantitative estimate of drug-likeness (QED) is 0.0397. The van der Waals surface area contributed by atoms with Crippen LogP contribution in [0.1, 0.15) is 170 Å². The molecule has 0 heterocycles. The van der Waals surface area contributed by atoms with Crippen molar-refractivity contribution in [2.75, 3.05) is 46.1 Å². The topological polar surface area (TPSA) is 213 Å². The van der Waals surface area contributed by atoms with Gasteiger partial charge in [0, 0.05) is 38.9 Å². The Morgan fingerprint density at radius 1 is 0.596 bits per heavy atom. The zero-order valence-corrected chi connectivity index (χ0v) is 36.2. The number of rotatable bonds is 35. The van der Waals surface area contributed by atoms with Crippen molar-refractivity contribution in [3.63, 3.8) is 0 Å². The van der Waals surface area contributed by atoms with Crippen LogP contribution in [0.3, 0.4) is 0 Å². The highest BCUT2D eigenvalue weighted by Crippen LogP contribution is 2.16. The molecule has 1 atom stereocenters. The van der Waals surface area contributed by atoms with Crippen LogP contribution in [-0.4, -0.2) is 109 Å². The number of carbonyl (C=O) groups is 6. The molecule has 0 aliphatic rings. The molecule has 0 spiro atoms. The Kier molecular flexibility index (Phi) is 30.5. The van der Waals surface area contributed by atoms with E-state index in [1.54, 1.807) is 20.8 Å². The molecule has 0 radical (unpaired) electrons. The highest BCUT2D eigenvalue weighted by Gasteiger charge is 2.27. The molecule has 0 bridgehead atoms. The Hall–Kier alpha value is -3.46. The summed E-state index contributed by atoms with van der Waals surface area (Å²) >= 11 is 0. The summed E-state index contributed by atoms with van der Waals surface area (Å²) < 4.78 is 21.1. The molecule has 0 saturated carbocycles. The van der Waals surface area contributed by atoms with Crippen molar-refractivity contribution in [1.29, 1.82) is 0 Å². The fourth-order valence-electron chi connectivity index (χ4n) is 5.86. The smallest absolute Gasteiger partial charge is 0.329 e. The summed E-state index contributed by atoms with van der Waals surface area (Å²) in [6.07, 6.45) is 17.8. The fourth-order valence-corrected chi connectivity index (χ4v) is 5.86. The summed E-state index contributed by atoms with van der Waals surface area (Å²) in [7, 11) is 0. The molecule has 0 saturated heterocycles. The van der Waals surface area contributed by atoms with Crippen molar-refractivity contribution in [2.45, 2.75) is 187 Å². The summed E-state index contributed by atoms with van der Waals surface area (Å²) in [5, 5.41) is 14.2. The van der Waals surface area contributed by atoms with Crippen LogP contribution in [-0.2, 0) is 42.9 Å². The third kappa shape index (κ3) is 36.6. The maximum Gasteiger partial charge on any atom is 0.329 e. The van der Waals surface area contributed by atoms with Crippen LogP contribution in [0.15, 0.2) is 0 Å². The Bertz CT molecular complexity index is 1140. The van der Waals surface area contributed by atoms with Crippen molar-refractivity contribution in [3.05, 3.63) is 0 Å². The number of esters is 2. The molecule has 0 unspecified atom stereocenters. The van der Waals surface area contributed by atoms with Gasteiger partial charge in [-0.3, -0.25) is 14.4 Å². The molecular weight excluding hydrogens is 736 g/mol. The molecule has 4 amide bonds. The lowest BCUT2D eigenvalue weighted by atomic mass is 10.0. The minimum Gasteiger partial charge on any atom is -0.480 e. The molecule has 5 N–H and O–H groups in total. The minimum absolute atomic E-state index is 0.0303. The summed E-state index contributed by atoms with van der Waals surface area (Å²) in [5.41, 5.74) is 4.31. The number of unbranched alkanes of at least 4 members (excludes halogenated alkanes) is 14. The molecule has 0 aromatic rings. The van der Waals surface area contributed by atoms with E-state index in [2.05, 4.69) is 10.6 Å².